The molecule has 2 fully saturated rings. The van der Waals surface area contributed by atoms with Gasteiger partial charge < -0.3 is 10.2 Å². The van der Waals surface area contributed by atoms with Crippen LogP contribution in [-0.2, 0) is 9.59 Å². The molecule has 3 heterocycles. The van der Waals surface area contributed by atoms with Crippen LogP contribution in [0.2, 0.25) is 0 Å². The van der Waals surface area contributed by atoms with E-state index < -0.39 is 0 Å². The van der Waals surface area contributed by atoms with Crippen molar-refractivity contribution >= 4 is 34.0 Å². The van der Waals surface area contributed by atoms with Crippen molar-refractivity contribution in [1.82, 2.24) is 9.88 Å². The average Bonchev–Trinajstić information content (AvgIpc) is 3.33. The van der Waals surface area contributed by atoms with E-state index in [9.17, 15) is 9.59 Å². The molecule has 0 saturated carbocycles. The van der Waals surface area contributed by atoms with Crippen molar-refractivity contribution in [3.63, 3.8) is 0 Å². The van der Waals surface area contributed by atoms with Crippen molar-refractivity contribution in [3.8, 4) is 6.07 Å². The Morgan fingerprint density at radius 3 is 2.55 bits per heavy atom. The summed E-state index contributed by atoms with van der Waals surface area (Å²) in [5.74, 6) is 0.0911. The summed E-state index contributed by atoms with van der Waals surface area (Å²) in [5.41, 5.74) is 2.33. The summed E-state index contributed by atoms with van der Waals surface area (Å²) in [6.07, 6.45) is 2.28. The molecule has 2 aliphatic heterocycles. The fraction of sp³-hybridized carbons (Fsp3) is 0.429. The Morgan fingerprint density at radius 1 is 1.21 bits per heavy atom. The second-order valence-electron chi connectivity index (χ2n) is 7.55. The first-order valence-corrected chi connectivity index (χ1v) is 10.7. The number of amides is 2. The predicted molar refractivity (Wildman–Crippen MR) is 112 cm³/mol. The van der Waals surface area contributed by atoms with E-state index in [1.807, 2.05) is 24.4 Å². The number of aryl methyl sites for hydroxylation is 1. The fourth-order valence-corrected chi connectivity index (χ4v) is 4.76. The minimum Gasteiger partial charge on any atom is -0.311 e. The lowest BCUT2D eigenvalue weighted by Gasteiger charge is -2.34. The van der Waals surface area contributed by atoms with Crippen LogP contribution in [0.1, 0.15) is 30.5 Å². The molecule has 2 amide bonds. The van der Waals surface area contributed by atoms with Crippen LogP contribution in [0.3, 0.4) is 0 Å². The highest BCUT2D eigenvalue weighted by atomic mass is 32.1. The van der Waals surface area contributed by atoms with Gasteiger partial charge in [-0.3, -0.25) is 14.5 Å². The minimum absolute atomic E-state index is 0.0240. The molecule has 1 aromatic carbocycles. The molecule has 1 N–H and O–H groups in total. The van der Waals surface area contributed by atoms with Crippen molar-refractivity contribution in [1.29, 1.82) is 5.26 Å². The molecule has 8 heteroatoms. The smallest absolute Gasteiger partial charge is 0.244 e. The monoisotopic (exact) mass is 409 g/mol. The molecule has 1 atom stereocenters. The summed E-state index contributed by atoms with van der Waals surface area (Å²) in [4.78, 5) is 33.8. The summed E-state index contributed by atoms with van der Waals surface area (Å²) in [6, 6.07) is 9.11. The zero-order valence-corrected chi connectivity index (χ0v) is 17.1. The van der Waals surface area contributed by atoms with Gasteiger partial charge in [0.15, 0.2) is 5.13 Å². The van der Waals surface area contributed by atoms with Gasteiger partial charge in [0.2, 0.25) is 11.8 Å². The third-order valence-corrected chi connectivity index (χ3v) is 6.55. The molecular weight excluding hydrogens is 386 g/mol. The minimum atomic E-state index is -0.128. The number of aromatic nitrogens is 1. The molecule has 4 rings (SSSR count). The predicted octanol–water partition coefficient (Wildman–Crippen LogP) is 2.78. The fourth-order valence-electron chi connectivity index (χ4n) is 4.07. The summed E-state index contributed by atoms with van der Waals surface area (Å²) in [5, 5.41) is 14.4. The van der Waals surface area contributed by atoms with Gasteiger partial charge in [-0.25, -0.2) is 4.98 Å². The third kappa shape index (κ3) is 4.16. The number of carbonyl (C=O) groups is 2. The van der Waals surface area contributed by atoms with E-state index in [1.165, 1.54) is 11.3 Å². The Hall–Kier alpha value is -2.76. The highest BCUT2D eigenvalue weighted by Gasteiger charge is 2.38. The lowest BCUT2D eigenvalue weighted by atomic mass is 9.94. The van der Waals surface area contributed by atoms with Crippen molar-refractivity contribution in [2.75, 3.05) is 29.9 Å². The number of nitriles is 1. The Labute approximate surface area is 174 Å². The Morgan fingerprint density at radius 2 is 1.93 bits per heavy atom. The number of anilines is 2. The number of nitrogens with one attached hydrogen (secondary N) is 1. The highest BCUT2D eigenvalue weighted by molar-refractivity contribution is 7.13. The van der Waals surface area contributed by atoms with Crippen LogP contribution in [-0.4, -0.2) is 47.4 Å². The SMILES string of the molecule is Cc1csc(NC(=O)C2CCN(C3CCN(c4ccc(C#N)cc4)C3=O)CC2)n1. The third-order valence-electron chi connectivity index (χ3n) is 5.68. The lowest BCUT2D eigenvalue weighted by molar-refractivity contribution is -0.123. The summed E-state index contributed by atoms with van der Waals surface area (Å²) < 4.78 is 0. The molecule has 2 saturated heterocycles. The first kappa shape index (κ1) is 19.6. The van der Waals surface area contributed by atoms with E-state index in [2.05, 4.69) is 21.3 Å². The van der Waals surface area contributed by atoms with Crippen LogP contribution in [0.25, 0.3) is 0 Å². The molecule has 2 aliphatic rings. The van der Waals surface area contributed by atoms with Crippen LogP contribution >= 0.6 is 11.3 Å². The maximum absolute atomic E-state index is 13.0. The number of likely N-dealkylation sites (tertiary alicyclic amines) is 1. The van der Waals surface area contributed by atoms with Gasteiger partial charge in [0.1, 0.15) is 0 Å². The van der Waals surface area contributed by atoms with Gasteiger partial charge in [-0.05, 0) is 63.5 Å². The number of hydrogen-bond acceptors (Lipinski definition) is 6. The normalized spacial score (nSPS) is 20.6. The quantitative estimate of drug-likeness (QED) is 0.839. The zero-order valence-electron chi connectivity index (χ0n) is 16.3. The van der Waals surface area contributed by atoms with Crippen LogP contribution in [0.5, 0.6) is 0 Å². The molecule has 150 valence electrons. The van der Waals surface area contributed by atoms with Crippen molar-refractivity contribution in [2.24, 2.45) is 5.92 Å². The molecule has 0 bridgehead atoms. The van der Waals surface area contributed by atoms with E-state index in [0.29, 0.717) is 17.2 Å². The van der Waals surface area contributed by atoms with Gasteiger partial charge in [0, 0.05) is 23.5 Å². The van der Waals surface area contributed by atoms with Crippen LogP contribution in [0, 0.1) is 24.2 Å². The number of nitrogens with zero attached hydrogens (tertiary/aromatic N) is 4. The molecule has 2 aromatic rings. The summed E-state index contributed by atoms with van der Waals surface area (Å²) in [7, 11) is 0. The van der Waals surface area contributed by atoms with Crippen LogP contribution in [0.4, 0.5) is 10.8 Å². The maximum Gasteiger partial charge on any atom is 0.244 e. The molecular formula is C21H23N5O2S. The van der Waals surface area contributed by atoms with Crippen LogP contribution < -0.4 is 10.2 Å². The van der Waals surface area contributed by atoms with E-state index in [1.54, 1.807) is 17.0 Å². The van der Waals surface area contributed by atoms with Crippen molar-refractivity contribution in [2.45, 2.75) is 32.2 Å². The summed E-state index contributed by atoms with van der Waals surface area (Å²) in [6.45, 7) is 4.07. The second kappa shape index (κ2) is 8.31. The lowest BCUT2D eigenvalue weighted by Crippen LogP contribution is -2.47. The van der Waals surface area contributed by atoms with E-state index in [4.69, 9.17) is 5.26 Å². The molecule has 29 heavy (non-hydrogen) atoms. The van der Waals surface area contributed by atoms with E-state index in [-0.39, 0.29) is 23.8 Å². The van der Waals surface area contributed by atoms with Crippen molar-refractivity contribution in [3.05, 3.63) is 40.9 Å². The van der Waals surface area contributed by atoms with Gasteiger partial charge in [0.25, 0.3) is 0 Å². The highest BCUT2D eigenvalue weighted by Crippen LogP contribution is 2.28. The Bertz CT molecular complexity index is 941. The van der Waals surface area contributed by atoms with Crippen LogP contribution in [0.15, 0.2) is 29.6 Å². The van der Waals surface area contributed by atoms with E-state index in [0.717, 1.165) is 43.7 Å². The molecule has 0 spiro atoms. The summed E-state index contributed by atoms with van der Waals surface area (Å²) >= 11 is 1.44. The average molecular weight is 410 g/mol. The first-order valence-electron chi connectivity index (χ1n) is 9.84. The van der Waals surface area contributed by atoms with Gasteiger partial charge in [-0.1, -0.05) is 0 Å². The van der Waals surface area contributed by atoms with Crippen molar-refractivity contribution < 1.29 is 9.59 Å². The first-order chi connectivity index (χ1) is 14.0. The Kier molecular flexibility index (Phi) is 5.60. The topological polar surface area (TPSA) is 89.3 Å². The number of carbonyl (C=O) groups excluding carboxylic acids is 2. The molecule has 1 unspecified atom stereocenters. The molecule has 7 nitrogen and oxygen atoms in total. The van der Waals surface area contributed by atoms with Gasteiger partial charge in [0.05, 0.1) is 23.4 Å². The number of benzene rings is 1. The largest absolute Gasteiger partial charge is 0.311 e. The molecule has 0 radical (unpaired) electrons. The number of hydrogen-bond donors (Lipinski definition) is 1. The molecule has 1 aromatic heterocycles. The number of rotatable bonds is 4. The zero-order chi connectivity index (χ0) is 20.4. The maximum atomic E-state index is 13.0. The Balaban J connectivity index is 1.32. The second-order valence-corrected chi connectivity index (χ2v) is 8.40. The number of thiazole rings is 1. The van der Waals surface area contributed by atoms with Gasteiger partial charge in [-0.2, -0.15) is 5.26 Å². The molecule has 0 aliphatic carbocycles. The van der Waals surface area contributed by atoms with Gasteiger partial charge in [-0.15, -0.1) is 11.3 Å². The van der Waals surface area contributed by atoms with E-state index >= 15 is 0 Å². The standard InChI is InChI=1S/C21H23N5O2S/c1-14-13-29-21(23-14)24-19(27)16-6-9-25(10-7-16)18-8-11-26(20(18)28)17-4-2-15(12-22)3-5-17/h2-5,13,16,18H,6-11H2,1H3,(H,23,24,27). The number of piperidine rings is 1. The van der Waals surface area contributed by atoms with Gasteiger partial charge >= 0.3 is 0 Å².